The summed E-state index contributed by atoms with van der Waals surface area (Å²) in [6.45, 7) is 11.3. The van der Waals surface area contributed by atoms with Crippen LogP contribution in [0.5, 0.6) is 5.75 Å². The fourth-order valence-electron chi connectivity index (χ4n) is 6.08. The summed E-state index contributed by atoms with van der Waals surface area (Å²) in [7, 11) is 1.53. The Morgan fingerprint density at radius 1 is 1.24 bits per heavy atom. The lowest BCUT2D eigenvalue weighted by molar-refractivity contribution is 0.0951. The highest BCUT2D eigenvalue weighted by atomic mass is 16.5. The van der Waals surface area contributed by atoms with E-state index in [2.05, 4.69) is 46.3 Å². The number of carbonyl (C=O) groups is 1. The standard InChI is InChI=1S/C29H35N5O3/c1-16-13-26(37-6)23(28(35)31-16)15-30-29(36)27-19(4)34(24-10-8-7-9-22(24)27)18(3)21-11-12-33-20(5)32-17(2)25(33)14-21/h7-10,13,18,21H,11-12,14-15H2,1-6H3,(H,30,36)(H,31,35). The number of H-pyrrole nitrogens is 1. The summed E-state index contributed by atoms with van der Waals surface area (Å²) in [4.78, 5) is 33.6. The van der Waals surface area contributed by atoms with Crippen LogP contribution in [-0.4, -0.2) is 32.1 Å². The minimum absolute atomic E-state index is 0.0807. The van der Waals surface area contributed by atoms with E-state index in [0.29, 0.717) is 28.5 Å². The van der Waals surface area contributed by atoms with Crippen molar-refractivity contribution >= 4 is 16.8 Å². The van der Waals surface area contributed by atoms with Crippen LogP contribution in [0.25, 0.3) is 10.9 Å². The number of carbonyl (C=O) groups excluding carboxylic acids is 1. The number of pyridine rings is 1. The molecular weight excluding hydrogens is 466 g/mol. The highest BCUT2D eigenvalue weighted by Crippen LogP contribution is 2.37. The Kier molecular flexibility index (Phi) is 6.43. The van der Waals surface area contributed by atoms with Crippen LogP contribution in [0.4, 0.5) is 0 Å². The van der Waals surface area contributed by atoms with E-state index in [1.807, 2.05) is 25.1 Å². The van der Waals surface area contributed by atoms with E-state index in [-0.39, 0.29) is 24.1 Å². The first-order valence-electron chi connectivity index (χ1n) is 12.9. The van der Waals surface area contributed by atoms with Crippen molar-refractivity contribution in [1.29, 1.82) is 0 Å². The predicted octanol–water partition coefficient (Wildman–Crippen LogP) is 4.52. The van der Waals surface area contributed by atoms with Crippen molar-refractivity contribution < 1.29 is 9.53 Å². The summed E-state index contributed by atoms with van der Waals surface area (Å²) in [6.07, 6.45) is 2.03. The van der Waals surface area contributed by atoms with E-state index in [1.165, 1.54) is 12.8 Å². The van der Waals surface area contributed by atoms with Gasteiger partial charge in [-0.25, -0.2) is 4.98 Å². The number of nitrogens with one attached hydrogen (secondary N) is 2. The highest BCUT2D eigenvalue weighted by molar-refractivity contribution is 6.08. The Hall–Kier alpha value is -3.81. The first kappa shape index (κ1) is 24.9. The van der Waals surface area contributed by atoms with Crippen LogP contribution in [0, 0.1) is 33.6 Å². The van der Waals surface area contributed by atoms with Crippen molar-refractivity contribution in [2.45, 2.75) is 66.6 Å². The third-order valence-corrected chi connectivity index (χ3v) is 7.99. The van der Waals surface area contributed by atoms with Gasteiger partial charge in [0.1, 0.15) is 11.6 Å². The Morgan fingerprint density at radius 3 is 2.76 bits per heavy atom. The van der Waals surface area contributed by atoms with Crippen LogP contribution in [0.15, 0.2) is 35.1 Å². The number of para-hydroxylation sites is 1. The zero-order valence-electron chi connectivity index (χ0n) is 22.4. The van der Waals surface area contributed by atoms with Crippen molar-refractivity contribution in [1.82, 2.24) is 24.4 Å². The smallest absolute Gasteiger partial charge is 0.256 e. The summed E-state index contributed by atoms with van der Waals surface area (Å²) >= 11 is 0. The fraction of sp³-hybridized carbons (Fsp3) is 0.414. The molecule has 5 rings (SSSR count). The molecule has 0 saturated carbocycles. The lowest BCUT2D eigenvalue weighted by atomic mass is 9.88. The summed E-state index contributed by atoms with van der Waals surface area (Å²) in [5.74, 6) is 1.79. The molecule has 8 heteroatoms. The number of imidazole rings is 1. The molecular formula is C29H35N5O3. The molecule has 2 atom stereocenters. The average molecular weight is 502 g/mol. The number of nitrogens with zero attached hydrogens (tertiary/aromatic N) is 3. The number of benzene rings is 1. The lowest BCUT2D eigenvalue weighted by Crippen LogP contribution is -2.29. The first-order chi connectivity index (χ1) is 17.7. The summed E-state index contributed by atoms with van der Waals surface area (Å²) in [5.41, 5.74) is 5.93. The van der Waals surface area contributed by atoms with Crippen LogP contribution in [-0.2, 0) is 19.5 Å². The number of hydrogen-bond acceptors (Lipinski definition) is 4. The van der Waals surface area contributed by atoms with Gasteiger partial charge in [-0.1, -0.05) is 18.2 Å². The van der Waals surface area contributed by atoms with Gasteiger partial charge in [-0.15, -0.1) is 0 Å². The molecule has 0 bridgehead atoms. The number of hydrogen-bond donors (Lipinski definition) is 2. The van der Waals surface area contributed by atoms with Gasteiger partial charge in [0.25, 0.3) is 11.5 Å². The number of ether oxygens (including phenoxy) is 1. The van der Waals surface area contributed by atoms with Gasteiger partial charge in [0.2, 0.25) is 0 Å². The second-order valence-corrected chi connectivity index (χ2v) is 10.2. The minimum Gasteiger partial charge on any atom is -0.496 e. The molecule has 3 aromatic heterocycles. The molecule has 2 unspecified atom stereocenters. The average Bonchev–Trinajstić information content (AvgIpc) is 3.33. The van der Waals surface area contributed by atoms with E-state index in [9.17, 15) is 9.59 Å². The Balaban J connectivity index is 1.47. The number of aromatic amines is 1. The molecule has 0 radical (unpaired) electrons. The number of aryl methyl sites for hydroxylation is 3. The van der Waals surface area contributed by atoms with Crippen LogP contribution < -0.4 is 15.6 Å². The van der Waals surface area contributed by atoms with Gasteiger partial charge in [0.05, 0.1) is 30.5 Å². The number of aromatic nitrogens is 4. The Morgan fingerprint density at radius 2 is 2.00 bits per heavy atom. The molecule has 1 amide bonds. The summed E-state index contributed by atoms with van der Waals surface area (Å²) in [6, 6.07) is 10.0. The normalized spacial score (nSPS) is 16.0. The Bertz CT molecular complexity index is 1560. The predicted molar refractivity (Wildman–Crippen MR) is 144 cm³/mol. The van der Waals surface area contributed by atoms with Crippen molar-refractivity contribution in [3.63, 3.8) is 0 Å². The van der Waals surface area contributed by atoms with Gasteiger partial charge < -0.3 is 24.2 Å². The van der Waals surface area contributed by atoms with Crippen LogP contribution in [0.2, 0.25) is 0 Å². The molecule has 8 nitrogen and oxygen atoms in total. The van der Waals surface area contributed by atoms with E-state index < -0.39 is 0 Å². The van der Waals surface area contributed by atoms with Gasteiger partial charge in [-0.05, 0) is 65.5 Å². The molecule has 37 heavy (non-hydrogen) atoms. The van der Waals surface area contributed by atoms with Crippen LogP contribution >= 0.6 is 0 Å². The maximum absolute atomic E-state index is 13.6. The van der Waals surface area contributed by atoms with Crippen LogP contribution in [0.3, 0.4) is 0 Å². The molecule has 0 spiro atoms. The fourth-order valence-corrected chi connectivity index (χ4v) is 6.08. The van der Waals surface area contributed by atoms with Gasteiger partial charge >= 0.3 is 0 Å². The van der Waals surface area contributed by atoms with E-state index in [4.69, 9.17) is 9.72 Å². The van der Waals surface area contributed by atoms with Gasteiger partial charge in [-0.3, -0.25) is 9.59 Å². The summed E-state index contributed by atoms with van der Waals surface area (Å²) < 4.78 is 10.1. The monoisotopic (exact) mass is 501 g/mol. The van der Waals surface area contributed by atoms with E-state index in [1.54, 1.807) is 13.0 Å². The molecule has 4 aromatic rings. The number of methoxy groups -OCH3 is 1. The second kappa shape index (κ2) is 9.57. The maximum Gasteiger partial charge on any atom is 0.256 e. The van der Waals surface area contributed by atoms with Crippen molar-refractivity contribution in [2.75, 3.05) is 7.11 Å². The van der Waals surface area contributed by atoms with Crippen molar-refractivity contribution in [2.24, 2.45) is 5.92 Å². The maximum atomic E-state index is 13.6. The van der Waals surface area contributed by atoms with E-state index >= 15 is 0 Å². The zero-order chi connectivity index (χ0) is 26.4. The third kappa shape index (κ3) is 4.24. The second-order valence-electron chi connectivity index (χ2n) is 10.2. The molecule has 1 aliphatic heterocycles. The molecule has 1 aromatic carbocycles. The molecule has 2 N–H and O–H groups in total. The lowest BCUT2D eigenvalue weighted by Gasteiger charge is -2.32. The van der Waals surface area contributed by atoms with Crippen molar-refractivity contribution in [3.05, 3.63) is 80.4 Å². The number of fused-ring (bicyclic) bond motifs is 2. The summed E-state index contributed by atoms with van der Waals surface area (Å²) in [5, 5.41) is 3.89. The zero-order valence-corrected chi connectivity index (χ0v) is 22.4. The van der Waals surface area contributed by atoms with Crippen LogP contribution in [0.1, 0.15) is 63.9 Å². The number of rotatable bonds is 6. The topological polar surface area (TPSA) is 93.9 Å². The molecule has 4 heterocycles. The quantitative estimate of drug-likeness (QED) is 0.406. The molecule has 1 aliphatic rings. The molecule has 194 valence electrons. The van der Waals surface area contributed by atoms with Gasteiger partial charge in [0.15, 0.2) is 0 Å². The SMILES string of the molecule is COc1cc(C)[nH]c(=O)c1CNC(=O)c1c(C)n(C(C)C2CCn3c(C)nc(C)c3C2)c2ccccc12. The molecule has 0 fully saturated rings. The largest absolute Gasteiger partial charge is 0.496 e. The Labute approximate surface area is 216 Å². The molecule has 0 aliphatic carbocycles. The highest BCUT2D eigenvalue weighted by Gasteiger charge is 2.30. The van der Waals surface area contributed by atoms with Gasteiger partial charge in [0, 0.05) is 40.6 Å². The molecule has 0 saturated heterocycles. The van der Waals surface area contributed by atoms with Crippen molar-refractivity contribution in [3.8, 4) is 5.75 Å². The third-order valence-electron chi connectivity index (χ3n) is 7.99. The van der Waals surface area contributed by atoms with Gasteiger partial charge in [-0.2, -0.15) is 0 Å². The first-order valence-corrected chi connectivity index (χ1v) is 12.9. The minimum atomic E-state index is -0.257. The van der Waals surface area contributed by atoms with E-state index in [0.717, 1.165) is 47.5 Å². The number of amides is 1.